The van der Waals surface area contributed by atoms with Crippen LogP contribution in [0.1, 0.15) is 39.2 Å². The van der Waals surface area contributed by atoms with Gasteiger partial charge >= 0.3 is 0 Å². The van der Waals surface area contributed by atoms with Crippen molar-refractivity contribution >= 4 is 22.7 Å². The summed E-state index contributed by atoms with van der Waals surface area (Å²) in [5.41, 5.74) is 6.72. The van der Waals surface area contributed by atoms with E-state index in [0.29, 0.717) is 24.5 Å². The molecule has 5 rings (SSSR count). The maximum Gasteiger partial charge on any atom is 0.240 e. The average Bonchev–Trinajstić information content (AvgIpc) is 3.32. The van der Waals surface area contributed by atoms with E-state index in [9.17, 15) is 4.79 Å². The Balaban J connectivity index is 1.29. The van der Waals surface area contributed by atoms with Crippen molar-refractivity contribution in [3.05, 3.63) is 48.0 Å². The molecule has 8 nitrogen and oxygen atoms in total. The number of hydrogen-bond acceptors (Lipinski definition) is 7. The van der Waals surface area contributed by atoms with Gasteiger partial charge in [0.15, 0.2) is 5.58 Å². The molecule has 0 spiro atoms. The summed E-state index contributed by atoms with van der Waals surface area (Å²) in [5.74, 6) is 1.43. The molecule has 3 aromatic rings. The number of hydrazone groups is 1. The van der Waals surface area contributed by atoms with Gasteiger partial charge in [-0.15, -0.1) is 0 Å². The minimum absolute atomic E-state index is 0.0410. The maximum atomic E-state index is 11.7. The summed E-state index contributed by atoms with van der Waals surface area (Å²) in [6.45, 7) is 10.5. The molecule has 2 aliphatic heterocycles. The third kappa shape index (κ3) is 5.09. The molecule has 184 valence electrons. The van der Waals surface area contributed by atoms with Gasteiger partial charge in [0, 0.05) is 42.1 Å². The number of amides is 1. The number of morpholine rings is 1. The van der Waals surface area contributed by atoms with Crippen LogP contribution >= 0.6 is 0 Å². The molecular formula is C27H32N4O4. The van der Waals surface area contributed by atoms with E-state index in [-0.39, 0.29) is 17.4 Å². The molecule has 1 N–H and O–H groups in total. The van der Waals surface area contributed by atoms with Gasteiger partial charge < -0.3 is 13.9 Å². The fourth-order valence-electron chi connectivity index (χ4n) is 4.64. The number of nitrogens with zero attached hydrogens (tertiary/aromatic N) is 3. The standard InChI is InChI=1S/C27H32N4O4/c1-4-18-16-24(32)29-30-25(18)20-7-10-22-23(15-20)35-26(28-22)19-5-8-21(9-6-19)34-17-27(2,3)31-11-13-33-14-12-31/h5-10,15,18H,4,11-14,16-17H2,1-3H3,(H,29,32). The number of oxazole rings is 1. The van der Waals surface area contributed by atoms with Crippen molar-refractivity contribution in [1.82, 2.24) is 15.3 Å². The molecule has 0 saturated carbocycles. The van der Waals surface area contributed by atoms with Crippen LogP contribution in [-0.4, -0.2) is 60.0 Å². The van der Waals surface area contributed by atoms with Crippen LogP contribution in [0.3, 0.4) is 0 Å². The summed E-state index contributed by atoms with van der Waals surface area (Å²) >= 11 is 0. The first-order valence-electron chi connectivity index (χ1n) is 12.3. The van der Waals surface area contributed by atoms with Crippen LogP contribution < -0.4 is 10.2 Å². The third-order valence-corrected chi connectivity index (χ3v) is 6.86. The zero-order chi connectivity index (χ0) is 24.4. The quantitative estimate of drug-likeness (QED) is 0.549. The van der Waals surface area contributed by atoms with Crippen molar-refractivity contribution in [2.75, 3.05) is 32.9 Å². The number of fused-ring (bicyclic) bond motifs is 1. The van der Waals surface area contributed by atoms with Gasteiger partial charge in [-0.05, 0) is 56.7 Å². The van der Waals surface area contributed by atoms with Gasteiger partial charge in [-0.25, -0.2) is 10.4 Å². The SMILES string of the molecule is CCC1CC(=O)NN=C1c1ccc2nc(-c3ccc(OCC(C)(C)N4CCOCC4)cc3)oc2c1. The molecule has 2 aromatic carbocycles. The number of carbonyl (C=O) groups excluding carboxylic acids is 1. The Kier molecular flexibility index (Phi) is 6.58. The molecule has 35 heavy (non-hydrogen) atoms. The van der Waals surface area contributed by atoms with Crippen LogP contribution in [0.2, 0.25) is 0 Å². The van der Waals surface area contributed by atoms with Crippen molar-refractivity contribution in [1.29, 1.82) is 0 Å². The molecule has 8 heteroatoms. The number of ether oxygens (including phenoxy) is 2. The minimum Gasteiger partial charge on any atom is -0.492 e. The highest BCUT2D eigenvalue weighted by Crippen LogP contribution is 2.29. The lowest BCUT2D eigenvalue weighted by molar-refractivity contribution is -0.122. The summed E-state index contributed by atoms with van der Waals surface area (Å²) in [5, 5.41) is 4.31. The largest absolute Gasteiger partial charge is 0.492 e. The number of nitrogens with one attached hydrogen (secondary N) is 1. The van der Waals surface area contributed by atoms with E-state index in [2.05, 4.69) is 41.2 Å². The van der Waals surface area contributed by atoms with Crippen LogP contribution in [0.25, 0.3) is 22.6 Å². The number of hydrogen-bond donors (Lipinski definition) is 1. The highest BCUT2D eigenvalue weighted by Gasteiger charge is 2.29. The molecule has 1 fully saturated rings. The van der Waals surface area contributed by atoms with Crippen molar-refractivity contribution in [2.45, 2.75) is 39.2 Å². The topological polar surface area (TPSA) is 89.2 Å². The lowest BCUT2D eigenvalue weighted by atomic mass is 9.90. The van der Waals surface area contributed by atoms with Crippen LogP contribution in [-0.2, 0) is 9.53 Å². The zero-order valence-corrected chi connectivity index (χ0v) is 20.5. The highest BCUT2D eigenvalue weighted by molar-refractivity contribution is 6.07. The molecule has 1 saturated heterocycles. The van der Waals surface area contributed by atoms with Crippen molar-refractivity contribution in [3.8, 4) is 17.2 Å². The summed E-state index contributed by atoms with van der Waals surface area (Å²) < 4.78 is 17.7. The Labute approximate surface area is 205 Å². The molecular weight excluding hydrogens is 444 g/mol. The van der Waals surface area contributed by atoms with E-state index in [0.717, 1.165) is 60.8 Å². The Morgan fingerprint density at radius 2 is 1.86 bits per heavy atom. The normalized spacial score (nSPS) is 19.5. The molecule has 0 bridgehead atoms. The van der Waals surface area contributed by atoms with E-state index in [1.807, 2.05) is 42.5 Å². The fourth-order valence-corrected chi connectivity index (χ4v) is 4.64. The van der Waals surface area contributed by atoms with Crippen LogP contribution in [0.15, 0.2) is 52.0 Å². The van der Waals surface area contributed by atoms with E-state index >= 15 is 0 Å². The van der Waals surface area contributed by atoms with Crippen LogP contribution in [0.4, 0.5) is 0 Å². The molecule has 2 aliphatic rings. The van der Waals surface area contributed by atoms with E-state index in [4.69, 9.17) is 13.9 Å². The Morgan fingerprint density at radius 3 is 2.60 bits per heavy atom. The first kappa shape index (κ1) is 23.5. The molecule has 1 aromatic heterocycles. The molecule has 3 heterocycles. The molecule has 1 amide bonds. The molecule has 1 unspecified atom stereocenters. The number of benzene rings is 2. The van der Waals surface area contributed by atoms with Gasteiger partial charge in [-0.3, -0.25) is 9.69 Å². The van der Waals surface area contributed by atoms with Crippen molar-refractivity contribution < 1.29 is 18.7 Å². The number of carbonyl (C=O) groups is 1. The van der Waals surface area contributed by atoms with Crippen molar-refractivity contribution in [3.63, 3.8) is 0 Å². The Morgan fingerprint density at radius 1 is 1.11 bits per heavy atom. The second kappa shape index (κ2) is 9.79. The maximum absolute atomic E-state index is 11.7. The lowest BCUT2D eigenvalue weighted by Crippen LogP contribution is -2.53. The van der Waals surface area contributed by atoms with Crippen LogP contribution in [0.5, 0.6) is 5.75 Å². The summed E-state index contributed by atoms with van der Waals surface area (Å²) in [6, 6.07) is 13.7. The smallest absolute Gasteiger partial charge is 0.240 e. The lowest BCUT2D eigenvalue weighted by Gasteiger charge is -2.40. The van der Waals surface area contributed by atoms with E-state index in [1.165, 1.54) is 0 Å². The Hall–Kier alpha value is -3.23. The molecule has 0 radical (unpaired) electrons. The number of aromatic nitrogens is 1. The van der Waals surface area contributed by atoms with Gasteiger partial charge in [0.2, 0.25) is 11.8 Å². The van der Waals surface area contributed by atoms with Crippen molar-refractivity contribution in [2.24, 2.45) is 11.0 Å². The van der Waals surface area contributed by atoms with E-state index < -0.39 is 0 Å². The second-order valence-corrected chi connectivity index (χ2v) is 9.77. The predicted molar refractivity (Wildman–Crippen MR) is 134 cm³/mol. The van der Waals surface area contributed by atoms with Gasteiger partial charge in [0.1, 0.15) is 17.9 Å². The highest BCUT2D eigenvalue weighted by atomic mass is 16.5. The second-order valence-electron chi connectivity index (χ2n) is 9.77. The predicted octanol–water partition coefficient (Wildman–Crippen LogP) is 4.23. The van der Waals surface area contributed by atoms with E-state index in [1.54, 1.807) is 0 Å². The first-order valence-corrected chi connectivity index (χ1v) is 12.3. The Bertz CT molecular complexity index is 1230. The zero-order valence-electron chi connectivity index (χ0n) is 20.5. The monoisotopic (exact) mass is 476 g/mol. The fraction of sp³-hybridized carbons (Fsp3) is 0.444. The molecule has 0 aliphatic carbocycles. The van der Waals surface area contributed by atoms with Gasteiger partial charge in [-0.1, -0.05) is 13.0 Å². The number of rotatable bonds is 7. The molecule has 1 atom stereocenters. The van der Waals surface area contributed by atoms with Gasteiger partial charge in [0.25, 0.3) is 0 Å². The summed E-state index contributed by atoms with van der Waals surface area (Å²) in [6.07, 6.45) is 1.30. The summed E-state index contributed by atoms with van der Waals surface area (Å²) in [4.78, 5) is 18.8. The van der Waals surface area contributed by atoms with Gasteiger partial charge in [-0.2, -0.15) is 5.10 Å². The first-order chi connectivity index (χ1) is 16.9. The van der Waals surface area contributed by atoms with Gasteiger partial charge in [0.05, 0.1) is 18.9 Å². The summed E-state index contributed by atoms with van der Waals surface area (Å²) in [7, 11) is 0. The van der Waals surface area contributed by atoms with Crippen LogP contribution in [0, 0.1) is 5.92 Å². The minimum atomic E-state index is -0.0668. The third-order valence-electron chi connectivity index (χ3n) is 6.86. The average molecular weight is 477 g/mol.